The third kappa shape index (κ3) is 2.62. The topological polar surface area (TPSA) is 44.9 Å². The van der Waals surface area contributed by atoms with Gasteiger partial charge in [-0.2, -0.15) is 0 Å². The highest BCUT2D eigenvalue weighted by molar-refractivity contribution is 9.10. The Morgan fingerprint density at radius 1 is 1.35 bits per heavy atom. The summed E-state index contributed by atoms with van der Waals surface area (Å²) in [6.45, 7) is 2.23. The Bertz CT molecular complexity index is 634. The van der Waals surface area contributed by atoms with Gasteiger partial charge < -0.3 is 10.3 Å². The summed E-state index contributed by atoms with van der Waals surface area (Å²) in [6.07, 6.45) is 6.62. The molecule has 1 aromatic carbocycles. The lowest BCUT2D eigenvalue weighted by Crippen LogP contribution is -2.40. The highest BCUT2D eigenvalue weighted by Gasteiger charge is 2.24. The van der Waals surface area contributed by atoms with E-state index < -0.39 is 0 Å². The van der Waals surface area contributed by atoms with Gasteiger partial charge in [0.15, 0.2) is 0 Å². The van der Waals surface area contributed by atoms with Crippen LogP contribution in [0, 0.1) is 5.92 Å². The van der Waals surface area contributed by atoms with Gasteiger partial charge in [-0.3, -0.25) is 4.79 Å². The fraction of sp³-hybridized carbons (Fsp3) is 0.438. The number of halogens is 1. The molecule has 1 heterocycles. The lowest BCUT2D eigenvalue weighted by Gasteiger charge is -2.29. The molecular formula is C16H19BrN2O. The van der Waals surface area contributed by atoms with Crippen molar-refractivity contribution < 1.29 is 4.79 Å². The normalized spacial score (nSPS) is 22.9. The van der Waals surface area contributed by atoms with Crippen molar-refractivity contribution in [2.45, 2.75) is 38.6 Å². The number of carbonyl (C=O) groups is 1. The third-order valence-corrected chi connectivity index (χ3v) is 4.81. The molecule has 3 rings (SSSR count). The van der Waals surface area contributed by atoms with Crippen molar-refractivity contribution in [3.05, 3.63) is 34.4 Å². The molecule has 1 fully saturated rings. The van der Waals surface area contributed by atoms with Gasteiger partial charge in [-0.15, -0.1) is 0 Å². The molecule has 3 nitrogen and oxygen atoms in total. The van der Waals surface area contributed by atoms with Crippen LogP contribution in [-0.2, 0) is 0 Å². The molecule has 4 heteroatoms. The van der Waals surface area contributed by atoms with Crippen molar-refractivity contribution in [1.82, 2.24) is 10.3 Å². The Kier molecular flexibility index (Phi) is 3.83. The molecule has 2 aromatic rings. The second-order valence-electron chi connectivity index (χ2n) is 5.73. The molecule has 0 radical (unpaired) electrons. The zero-order chi connectivity index (χ0) is 14.1. The maximum Gasteiger partial charge on any atom is 0.253 e. The van der Waals surface area contributed by atoms with E-state index in [4.69, 9.17) is 0 Å². The number of fused-ring (bicyclic) bond motifs is 1. The molecule has 1 aliphatic rings. The van der Waals surface area contributed by atoms with Crippen molar-refractivity contribution in [2.24, 2.45) is 5.92 Å². The Hall–Kier alpha value is -1.29. The van der Waals surface area contributed by atoms with Crippen LogP contribution in [0.3, 0.4) is 0 Å². The zero-order valence-corrected chi connectivity index (χ0v) is 13.2. The van der Waals surface area contributed by atoms with Gasteiger partial charge in [0.2, 0.25) is 0 Å². The maximum atomic E-state index is 12.5. The van der Waals surface area contributed by atoms with Crippen LogP contribution in [-0.4, -0.2) is 16.9 Å². The van der Waals surface area contributed by atoms with E-state index in [-0.39, 0.29) is 5.91 Å². The first kappa shape index (κ1) is 13.7. The summed E-state index contributed by atoms with van der Waals surface area (Å²) in [5.74, 6) is 0.609. The number of hydrogen-bond acceptors (Lipinski definition) is 1. The molecule has 1 aromatic heterocycles. The third-order valence-electron chi connectivity index (χ3n) is 4.32. The van der Waals surface area contributed by atoms with Gasteiger partial charge in [-0.05, 0) is 37.0 Å². The van der Waals surface area contributed by atoms with Crippen LogP contribution >= 0.6 is 15.9 Å². The van der Waals surface area contributed by atoms with Gasteiger partial charge in [-0.25, -0.2) is 0 Å². The SMILES string of the molecule is CC1CCCCC1NC(=O)c1c[nH]c2ccc(Br)cc12. The minimum atomic E-state index is 0.0353. The summed E-state index contributed by atoms with van der Waals surface area (Å²) in [4.78, 5) is 15.7. The molecular weight excluding hydrogens is 316 g/mol. The Labute approximate surface area is 127 Å². The predicted molar refractivity (Wildman–Crippen MR) is 84.9 cm³/mol. The number of H-pyrrole nitrogens is 1. The van der Waals surface area contributed by atoms with Crippen LogP contribution in [0.15, 0.2) is 28.9 Å². The minimum absolute atomic E-state index is 0.0353. The first-order chi connectivity index (χ1) is 9.65. The molecule has 0 spiro atoms. The molecule has 20 heavy (non-hydrogen) atoms. The molecule has 2 unspecified atom stereocenters. The van der Waals surface area contributed by atoms with Crippen LogP contribution in [0.4, 0.5) is 0 Å². The zero-order valence-electron chi connectivity index (χ0n) is 11.6. The highest BCUT2D eigenvalue weighted by Crippen LogP contribution is 2.26. The van der Waals surface area contributed by atoms with Gasteiger partial charge in [-0.1, -0.05) is 35.7 Å². The number of aromatic amines is 1. The quantitative estimate of drug-likeness (QED) is 0.847. The number of rotatable bonds is 2. The molecule has 1 aliphatic carbocycles. The summed E-state index contributed by atoms with van der Waals surface area (Å²) >= 11 is 3.46. The lowest BCUT2D eigenvalue weighted by atomic mass is 9.86. The molecule has 0 saturated heterocycles. The molecule has 0 aliphatic heterocycles. The minimum Gasteiger partial charge on any atom is -0.360 e. The number of hydrogen-bond donors (Lipinski definition) is 2. The fourth-order valence-electron chi connectivity index (χ4n) is 3.06. The Balaban J connectivity index is 1.83. The van der Waals surface area contributed by atoms with Gasteiger partial charge in [0, 0.05) is 27.6 Å². The number of nitrogens with one attached hydrogen (secondary N) is 2. The molecule has 1 amide bonds. The maximum absolute atomic E-state index is 12.5. The molecule has 106 valence electrons. The number of carbonyl (C=O) groups excluding carboxylic acids is 1. The van der Waals surface area contributed by atoms with Crippen molar-refractivity contribution in [2.75, 3.05) is 0 Å². The standard InChI is InChI=1S/C16H19BrN2O/c1-10-4-2-3-5-14(10)19-16(20)13-9-18-15-7-6-11(17)8-12(13)15/h6-10,14,18H,2-5H2,1H3,(H,19,20). The highest BCUT2D eigenvalue weighted by atomic mass is 79.9. The first-order valence-electron chi connectivity index (χ1n) is 7.22. The van der Waals surface area contributed by atoms with E-state index >= 15 is 0 Å². The molecule has 1 saturated carbocycles. The number of aromatic nitrogens is 1. The summed E-state index contributed by atoms with van der Waals surface area (Å²) < 4.78 is 0.990. The van der Waals surface area contributed by atoms with Crippen LogP contribution in [0.5, 0.6) is 0 Å². The van der Waals surface area contributed by atoms with E-state index in [9.17, 15) is 4.79 Å². The Morgan fingerprint density at radius 2 is 2.15 bits per heavy atom. The van der Waals surface area contributed by atoms with Crippen LogP contribution in [0.2, 0.25) is 0 Å². The largest absolute Gasteiger partial charge is 0.360 e. The van der Waals surface area contributed by atoms with Crippen LogP contribution in [0.25, 0.3) is 10.9 Å². The second-order valence-corrected chi connectivity index (χ2v) is 6.65. The van der Waals surface area contributed by atoms with E-state index in [1.807, 2.05) is 18.2 Å². The number of benzene rings is 1. The Morgan fingerprint density at radius 3 is 2.95 bits per heavy atom. The van der Waals surface area contributed by atoms with Crippen molar-refractivity contribution in [1.29, 1.82) is 0 Å². The average Bonchev–Trinajstić information content (AvgIpc) is 2.84. The summed E-state index contributed by atoms with van der Waals surface area (Å²) in [7, 11) is 0. The van der Waals surface area contributed by atoms with Gasteiger partial charge in [0.1, 0.15) is 0 Å². The molecule has 0 bridgehead atoms. The van der Waals surface area contributed by atoms with Gasteiger partial charge >= 0.3 is 0 Å². The van der Waals surface area contributed by atoms with Gasteiger partial charge in [0.05, 0.1) is 5.56 Å². The number of amides is 1. The second kappa shape index (κ2) is 5.60. The first-order valence-corrected chi connectivity index (χ1v) is 8.02. The average molecular weight is 335 g/mol. The molecule has 2 atom stereocenters. The van der Waals surface area contributed by atoms with E-state index in [0.717, 1.165) is 27.4 Å². The molecule has 2 N–H and O–H groups in total. The van der Waals surface area contributed by atoms with Crippen LogP contribution < -0.4 is 5.32 Å². The smallest absolute Gasteiger partial charge is 0.253 e. The van der Waals surface area contributed by atoms with E-state index in [0.29, 0.717) is 12.0 Å². The van der Waals surface area contributed by atoms with E-state index in [1.54, 1.807) is 6.20 Å². The van der Waals surface area contributed by atoms with Crippen molar-refractivity contribution >= 4 is 32.7 Å². The predicted octanol–water partition coefficient (Wildman–Crippen LogP) is 4.24. The van der Waals surface area contributed by atoms with Crippen molar-refractivity contribution in [3.63, 3.8) is 0 Å². The summed E-state index contributed by atoms with van der Waals surface area (Å²) in [5, 5.41) is 4.18. The van der Waals surface area contributed by atoms with Crippen LogP contribution in [0.1, 0.15) is 43.0 Å². The van der Waals surface area contributed by atoms with Gasteiger partial charge in [0.25, 0.3) is 5.91 Å². The summed E-state index contributed by atoms with van der Waals surface area (Å²) in [5.41, 5.74) is 1.73. The lowest BCUT2D eigenvalue weighted by molar-refractivity contribution is 0.0912. The summed E-state index contributed by atoms with van der Waals surface area (Å²) in [6, 6.07) is 6.27. The monoisotopic (exact) mass is 334 g/mol. The van der Waals surface area contributed by atoms with E-state index in [1.165, 1.54) is 19.3 Å². The van der Waals surface area contributed by atoms with Crippen molar-refractivity contribution in [3.8, 4) is 0 Å². The van der Waals surface area contributed by atoms with E-state index in [2.05, 4.69) is 33.2 Å². The fourth-order valence-corrected chi connectivity index (χ4v) is 3.42.